The third-order valence-electron chi connectivity index (χ3n) is 2.49. The van der Waals surface area contributed by atoms with Gasteiger partial charge in [-0.25, -0.2) is 0 Å². The summed E-state index contributed by atoms with van der Waals surface area (Å²) in [7, 11) is 2.92. The van der Waals surface area contributed by atoms with Crippen LogP contribution in [0.5, 0.6) is 11.5 Å². The molecule has 6 nitrogen and oxygen atoms in total. The second kappa shape index (κ2) is 7.04. The monoisotopic (exact) mass is 277 g/mol. The Morgan fingerprint density at radius 1 is 1.25 bits per heavy atom. The van der Waals surface area contributed by atoms with E-state index in [4.69, 9.17) is 21.0 Å². The molecule has 20 heavy (non-hydrogen) atoms. The Morgan fingerprint density at radius 2 is 1.80 bits per heavy atom. The van der Waals surface area contributed by atoms with Crippen LogP contribution in [-0.4, -0.2) is 49.2 Å². The van der Waals surface area contributed by atoms with Gasteiger partial charge in [-0.1, -0.05) is 5.92 Å². The molecular formula is C14H15NO5. The number of methoxy groups -OCH3 is 2. The second-order valence-corrected chi connectivity index (χ2v) is 3.86. The third-order valence-corrected chi connectivity index (χ3v) is 2.49. The summed E-state index contributed by atoms with van der Waals surface area (Å²) in [5.41, 5.74) is 0.248. The number of carbonyl (C=O) groups is 2. The first-order valence-electron chi connectivity index (χ1n) is 5.69. The molecule has 1 aromatic carbocycles. The van der Waals surface area contributed by atoms with E-state index in [9.17, 15) is 9.59 Å². The first-order valence-corrected chi connectivity index (χ1v) is 5.69. The van der Waals surface area contributed by atoms with Crippen molar-refractivity contribution in [3.05, 3.63) is 23.8 Å². The average Bonchev–Trinajstić information content (AvgIpc) is 2.44. The normalized spacial score (nSPS) is 9.45. The number of carbonyl (C=O) groups excluding carboxylic acids is 1. The topological polar surface area (TPSA) is 76.1 Å². The minimum Gasteiger partial charge on any atom is -0.497 e. The molecule has 106 valence electrons. The first-order chi connectivity index (χ1) is 9.51. The molecule has 1 amide bonds. The highest BCUT2D eigenvalue weighted by Crippen LogP contribution is 2.23. The number of aliphatic carboxylic acids is 1. The summed E-state index contributed by atoms with van der Waals surface area (Å²) < 4.78 is 10.1. The summed E-state index contributed by atoms with van der Waals surface area (Å²) in [5.74, 6) is 1.49. The molecular weight excluding hydrogens is 262 g/mol. The van der Waals surface area contributed by atoms with Gasteiger partial charge in [0.1, 0.15) is 18.0 Å². The van der Waals surface area contributed by atoms with Crippen LogP contribution in [0.4, 0.5) is 0 Å². The Hall–Kier alpha value is -2.68. The van der Waals surface area contributed by atoms with E-state index in [1.54, 1.807) is 6.07 Å². The number of benzene rings is 1. The van der Waals surface area contributed by atoms with Crippen molar-refractivity contribution in [3.63, 3.8) is 0 Å². The third kappa shape index (κ3) is 3.92. The fourth-order valence-corrected chi connectivity index (χ4v) is 1.59. The van der Waals surface area contributed by atoms with Gasteiger partial charge in [-0.15, -0.1) is 6.42 Å². The summed E-state index contributed by atoms with van der Waals surface area (Å²) in [5, 5.41) is 8.80. The molecule has 0 aliphatic heterocycles. The first kappa shape index (κ1) is 15.4. The van der Waals surface area contributed by atoms with Crippen molar-refractivity contribution in [2.45, 2.75) is 0 Å². The molecule has 0 radical (unpaired) electrons. The van der Waals surface area contributed by atoms with Gasteiger partial charge in [0.2, 0.25) is 0 Å². The summed E-state index contributed by atoms with van der Waals surface area (Å²) in [6.45, 7) is -0.562. The van der Waals surface area contributed by atoms with Crippen molar-refractivity contribution in [1.29, 1.82) is 0 Å². The molecule has 1 N–H and O–H groups in total. The van der Waals surface area contributed by atoms with Crippen LogP contribution < -0.4 is 9.47 Å². The van der Waals surface area contributed by atoms with E-state index in [0.29, 0.717) is 11.5 Å². The molecule has 0 atom stereocenters. The molecule has 0 fully saturated rings. The molecule has 0 aliphatic carbocycles. The Morgan fingerprint density at radius 3 is 2.20 bits per heavy atom. The second-order valence-electron chi connectivity index (χ2n) is 3.86. The van der Waals surface area contributed by atoms with Crippen LogP contribution in [0, 0.1) is 12.3 Å². The maximum Gasteiger partial charge on any atom is 0.323 e. The van der Waals surface area contributed by atoms with Crippen LogP contribution in [0.15, 0.2) is 18.2 Å². The fraction of sp³-hybridized carbons (Fsp3) is 0.286. The number of rotatable bonds is 6. The Kier molecular flexibility index (Phi) is 5.42. The molecule has 1 rings (SSSR count). The van der Waals surface area contributed by atoms with Gasteiger partial charge >= 0.3 is 5.97 Å². The van der Waals surface area contributed by atoms with Crippen LogP contribution in [0.1, 0.15) is 10.4 Å². The zero-order valence-electron chi connectivity index (χ0n) is 11.3. The number of nitrogens with zero attached hydrogens (tertiary/aromatic N) is 1. The van der Waals surface area contributed by atoms with Crippen molar-refractivity contribution >= 4 is 11.9 Å². The largest absolute Gasteiger partial charge is 0.497 e. The van der Waals surface area contributed by atoms with Gasteiger partial charge in [0, 0.05) is 11.6 Å². The molecule has 6 heteroatoms. The van der Waals surface area contributed by atoms with E-state index < -0.39 is 18.4 Å². The van der Waals surface area contributed by atoms with Crippen molar-refractivity contribution in [2.75, 3.05) is 27.3 Å². The fourth-order valence-electron chi connectivity index (χ4n) is 1.59. The molecule has 0 spiro atoms. The van der Waals surface area contributed by atoms with Gasteiger partial charge in [0.15, 0.2) is 0 Å². The molecule has 0 unspecified atom stereocenters. The van der Waals surface area contributed by atoms with Crippen molar-refractivity contribution in [1.82, 2.24) is 4.90 Å². The number of ether oxygens (including phenoxy) is 2. The van der Waals surface area contributed by atoms with Gasteiger partial charge < -0.3 is 19.5 Å². The standard InChI is InChI=1S/C14H15NO5/c1-4-5-15(9-13(16)17)14(18)10-6-11(19-2)8-12(7-10)20-3/h1,6-8H,5,9H2,2-3H3,(H,16,17). The molecule has 0 saturated heterocycles. The zero-order valence-corrected chi connectivity index (χ0v) is 11.3. The Balaban J connectivity index is 3.10. The van der Waals surface area contributed by atoms with Gasteiger partial charge in [0.05, 0.1) is 20.8 Å². The van der Waals surface area contributed by atoms with Crippen LogP contribution in [0.3, 0.4) is 0 Å². The van der Waals surface area contributed by atoms with Crippen LogP contribution in [0.25, 0.3) is 0 Å². The highest BCUT2D eigenvalue weighted by molar-refractivity contribution is 5.96. The summed E-state index contributed by atoms with van der Waals surface area (Å²) >= 11 is 0. The zero-order chi connectivity index (χ0) is 15.1. The lowest BCUT2D eigenvalue weighted by Crippen LogP contribution is -2.36. The Labute approximate surface area is 116 Å². The molecule has 1 aromatic rings. The quantitative estimate of drug-likeness (QED) is 0.781. The highest BCUT2D eigenvalue weighted by atomic mass is 16.5. The number of hydrogen-bond donors (Lipinski definition) is 1. The minimum absolute atomic E-state index is 0.0926. The van der Waals surface area contributed by atoms with E-state index in [2.05, 4.69) is 5.92 Å². The molecule has 0 bridgehead atoms. The smallest absolute Gasteiger partial charge is 0.323 e. The summed E-state index contributed by atoms with van der Waals surface area (Å²) in [6.07, 6.45) is 5.15. The van der Waals surface area contributed by atoms with Crippen LogP contribution in [0.2, 0.25) is 0 Å². The summed E-state index contributed by atoms with van der Waals surface area (Å²) in [6, 6.07) is 4.60. The number of terminal acetylenes is 1. The van der Waals surface area contributed by atoms with E-state index in [1.807, 2.05) is 0 Å². The molecule has 0 aliphatic rings. The van der Waals surface area contributed by atoms with E-state index in [0.717, 1.165) is 4.90 Å². The number of amides is 1. The van der Waals surface area contributed by atoms with Gasteiger partial charge in [0.25, 0.3) is 5.91 Å². The number of carboxylic acid groups (broad SMARTS) is 1. The maximum absolute atomic E-state index is 12.3. The lowest BCUT2D eigenvalue weighted by molar-refractivity contribution is -0.137. The van der Waals surface area contributed by atoms with Crippen LogP contribution >= 0.6 is 0 Å². The van der Waals surface area contributed by atoms with E-state index in [-0.39, 0.29) is 12.1 Å². The Bertz CT molecular complexity index is 525. The van der Waals surface area contributed by atoms with E-state index >= 15 is 0 Å². The molecule has 0 saturated carbocycles. The predicted molar refractivity (Wildman–Crippen MR) is 71.9 cm³/mol. The highest BCUT2D eigenvalue weighted by Gasteiger charge is 2.19. The molecule has 0 heterocycles. The van der Waals surface area contributed by atoms with Crippen LogP contribution in [-0.2, 0) is 4.79 Å². The van der Waals surface area contributed by atoms with Crippen molar-refractivity contribution < 1.29 is 24.2 Å². The number of carboxylic acids is 1. The maximum atomic E-state index is 12.3. The van der Waals surface area contributed by atoms with Gasteiger partial charge in [-0.3, -0.25) is 9.59 Å². The molecule has 0 aromatic heterocycles. The van der Waals surface area contributed by atoms with E-state index in [1.165, 1.54) is 26.4 Å². The van der Waals surface area contributed by atoms with Gasteiger partial charge in [-0.05, 0) is 12.1 Å². The SMILES string of the molecule is C#CCN(CC(=O)O)C(=O)c1cc(OC)cc(OC)c1. The summed E-state index contributed by atoms with van der Waals surface area (Å²) in [4.78, 5) is 24.1. The lowest BCUT2D eigenvalue weighted by atomic mass is 10.1. The number of hydrogen-bond acceptors (Lipinski definition) is 4. The van der Waals surface area contributed by atoms with Crippen molar-refractivity contribution in [2.24, 2.45) is 0 Å². The van der Waals surface area contributed by atoms with Crippen molar-refractivity contribution in [3.8, 4) is 23.8 Å². The lowest BCUT2D eigenvalue weighted by Gasteiger charge is -2.18. The minimum atomic E-state index is -1.14. The predicted octanol–water partition coefficient (Wildman–Crippen LogP) is 0.864. The van der Waals surface area contributed by atoms with Gasteiger partial charge in [-0.2, -0.15) is 0 Å². The average molecular weight is 277 g/mol.